The number of nitrogens with one attached hydrogen (secondary N) is 1. The molecule has 0 aliphatic carbocycles. The van der Waals surface area contributed by atoms with Gasteiger partial charge in [-0.1, -0.05) is 30.8 Å². The van der Waals surface area contributed by atoms with Gasteiger partial charge in [0.2, 0.25) is 5.91 Å². The summed E-state index contributed by atoms with van der Waals surface area (Å²) in [5.41, 5.74) is 0.0498. The highest BCUT2D eigenvalue weighted by Gasteiger charge is 2.21. The van der Waals surface area contributed by atoms with Crippen LogP contribution in [0.15, 0.2) is 29.4 Å². The molecule has 1 aliphatic rings. The third kappa shape index (κ3) is 4.83. The highest BCUT2D eigenvalue weighted by Crippen LogP contribution is 2.25. The van der Waals surface area contributed by atoms with Crippen molar-refractivity contribution in [3.63, 3.8) is 0 Å². The van der Waals surface area contributed by atoms with Crippen molar-refractivity contribution in [1.29, 1.82) is 0 Å². The number of ether oxygens (including phenoxy) is 1. The number of carbonyl (C=O) groups is 1. The normalized spacial score (nSPS) is 16.4. The predicted octanol–water partition coefficient (Wildman–Crippen LogP) is 2.66. The third-order valence-electron chi connectivity index (χ3n) is 4.23. The van der Waals surface area contributed by atoms with E-state index in [0.717, 1.165) is 31.7 Å². The summed E-state index contributed by atoms with van der Waals surface area (Å²) in [6, 6.07) is 6.06. The van der Waals surface area contributed by atoms with Crippen LogP contribution in [0.25, 0.3) is 0 Å². The second-order valence-electron chi connectivity index (χ2n) is 6.11. The van der Waals surface area contributed by atoms with Crippen LogP contribution in [-0.2, 0) is 22.5 Å². The van der Waals surface area contributed by atoms with Crippen molar-refractivity contribution in [2.75, 3.05) is 17.7 Å². The number of benzene rings is 1. The number of anilines is 1. The van der Waals surface area contributed by atoms with Crippen LogP contribution < -0.4 is 5.32 Å². The molecule has 1 aliphatic heterocycles. The first-order chi connectivity index (χ1) is 13.1. The molecule has 144 valence electrons. The SMILES string of the molecule is CCc1nnc(SCC(=O)Nc2ccccc2[N+](=O)[O-])n1CC1CCCO1. The molecule has 2 heterocycles. The summed E-state index contributed by atoms with van der Waals surface area (Å²) in [6.45, 7) is 3.45. The molecule has 3 rings (SSSR count). The van der Waals surface area contributed by atoms with Gasteiger partial charge in [0.15, 0.2) is 5.16 Å². The molecule has 0 bridgehead atoms. The number of nitrogens with zero attached hydrogens (tertiary/aromatic N) is 4. The molecule has 1 unspecified atom stereocenters. The topological polar surface area (TPSA) is 112 Å². The van der Waals surface area contributed by atoms with Crippen molar-refractivity contribution in [3.05, 3.63) is 40.2 Å². The van der Waals surface area contributed by atoms with Gasteiger partial charge in [0.1, 0.15) is 11.5 Å². The standard InChI is InChI=1S/C17H21N5O4S/c1-2-15-19-20-17(21(15)10-12-6-5-9-26-12)27-11-16(23)18-13-7-3-4-8-14(13)22(24)25/h3-4,7-8,12H,2,5-6,9-11H2,1H3,(H,18,23). The maximum absolute atomic E-state index is 12.3. The minimum absolute atomic E-state index is 0.0828. The van der Waals surface area contributed by atoms with Crippen molar-refractivity contribution in [2.24, 2.45) is 0 Å². The maximum atomic E-state index is 12.3. The number of nitro benzene ring substituents is 1. The van der Waals surface area contributed by atoms with E-state index in [1.807, 2.05) is 11.5 Å². The predicted molar refractivity (Wildman–Crippen MR) is 101 cm³/mol. The third-order valence-corrected chi connectivity index (χ3v) is 5.19. The van der Waals surface area contributed by atoms with E-state index < -0.39 is 4.92 Å². The fourth-order valence-corrected chi connectivity index (χ4v) is 3.68. The number of thioether (sulfide) groups is 1. The number of aromatic nitrogens is 3. The van der Waals surface area contributed by atoms with Gasteiger partial charge in [0.25, 0.3) is 5.69 Å². The number of amides is 1. The summed E-state index contributed by atoms with van der Waals surface area (Å²) in [7, 11) is 0. The van der Waals surface area contributed by atoms with Crippen molar-refractivity contribution >= 4 is 29.0 Å². The van der Waals surface area contributed by atoms with Crippen LogP contribution in [0.1, 0.15) is 25.6 Å². The van der Waals surface area contributed by atoms with Gasteiger partial charge in [-0.05, 0) is 18.9 Å². The lowest BCUT2D eigenvalue weighted by Gasteiger charge is -2.14. The molecule has 27 heavy (non-hydrogen) atoms. The van der Waals surface area contributed by atoms with Gasteiger partial charge in [0, 0.05) is 19.1 Å². The number of aryl methyl sites for hydroxylation is 1. The van der Waals surface area contributed by atoms with Crippen LogP contribution in [0.4, 0.5) is 11.4 Å². The van der Waals surface area contributed by atoms with Crippen LogP contribution >= 0.6 is 11.8 Å². The van der Waals surface area contributed by atoms with Gasteiger partial charge < -0.3 is 14.6 Å². The highest BCUT2D eigenvalue weighted by atomic mass is 32.2. The van der Waals surface area contributed by atoms with E-state index in [2.05, 4.69) is 15.5 Å². The van der Waals surface area contributed by atoms with Crippen LogP contribution in [0.3, 0.4) is 0 Å². The van der Waals surface area contributed by atoms with Crippen molar-refractivity contribution in [3.8, 4) is 0 Å². The molecule has 1 saturated heterocycles. The molecule has 1 amide bonds. The van der Waals surface area contributed by atoms with E-state index in [0.29, 0.717) is 11.7 Å². The van der Waals surface area contributed by atoms with Crippen LogP contribution in [0, 0.1) is 10.1 Å². The Balaban J connectivity index is 1.63. The number of rotatable bonds is 8. The average Bonchev–Trinajstić information content (AvgIpc) is 3.30. The Kier molecular flexibility index (Phi) is 6.40. The molecule has 1 aromatic carbocycles. The lowest BCUT2D eigenvalue weighted by atomic mass is 10.2. The largest absolute Gasteiger partial charge is 0.376 e. The molecule has 1 fully saturated rings. The summed E-state index contributed by atoms with van der Waals surface area (Å²) in [4.78, 5) is 22.8. The molecule has 0 radical (unpaired) electrons. The van der Waals surface area contributed by atoms with Gasteiger partial charge >= 0.3 is 0 Å². The Bertz CT molecular complexity index is 819. The second-order valence-corrected chi connectivity index (χ2v) is 7.05. The lowest BCUT2D eigenvalue weighted by molar-refractivity contribution is -0.383. The van der Waals surface area contributed by atoms with E-state index >= 15 is 0 Å². The Hall–Kier alpha value is -2.46. The minimum Gasteiger partial charge on any atom is -0.376 e. The molecular formula is C17H21N5O4S. The summed E-state index contributed by atoms with van der Waals surface area (Å²) >= 11 is 1.26. The molecular weight excluding hydrogens is 370 g/mol. The van der Waals surface area contributed by atoms with Gasteiger partial charge in [-0.25, -0.2) is 0 Å². The van der Waals surface area contributed by atoms with E-state index in [4.69, 9.17) is 4.74 Å². The number of nitro groups is 1. The maximum Gasteiger partial charge on any atom is 0.292 e. The zero-order valence-electron chi connectivity index (χ0n) is 15.0. The summed E-state index contributed by atoms with van der Waals surface area (Å²) in [6.07, 6.45) is 2.94. The molecule has 0 saturated carbocycles. The first-order valence-corrected chi connectivity index (χ1v) is 9.76. The summed E-state index contributed by atoms with van der Waals surface area (Å²) < 4.78 is 7.69. The van der Waals surface area contributed by atoms with Crippen LogP contribution in [0.2, 0.25) is 0 Å². The number of hydrogen-bond donors (Lipinski definition) is 1. The van der Waals surface area contributed by atoms with Crippen molar-refractivity contribution in [2.45, 2.75) is 44.0 Å². The van der Waals surface area contributed by atoms with Gasteiger partial charge in [0.05, 0.1) is 23.3 Å². The van der Waals surface area contributed by atoms with Crippen molar-refractivity contribution in [1.82, 2.24) is 14.8 Å². The van der Waals surface area contributed by atoms with E-state index in [-0.39, 0.29) is 29.1 Å². The lowest BCUT2D eigenvalue weighted by Crippen LogP contribution is -2.19. The van der Waals surface area contributed by atoms with Gasteiger partial charge in [-0.15, -0.1) is 10.2 Å². The summed E-state index contributed by atoms with van der Waals surface area (Å²) in [5, 5.41) is 22.7. The van der Waals surface area contributed by atoms with E-state index in [9.17, 15) is 14.9 Å². The quantitative estimate of drug-likeness (QED) is 0.418. The molecule has 9 nitrogen and oxygen atoms in total. The monoisotopic (exact) mass is 391 g/mol. The zero-order chi connectivity index (χ0) is 19.2. The van der Waals surface area contributed by atoms with E-state index in [1.54, 1.807) is 12.1 Å². The van der Waals surface area contributed by atoms with Crippen LogP contribution in [0.5, 0.6) is 0 Å². The minimum atomic E-state index is -0.519. The first kappa shape index (κ1) is 19.3. The highest BCUT2D eigenvalue weighted by molar-refractivity contribution is 7.99. The molecule has 1 atom stereocenters. The van der Waals surface area contributed by atoms with Gasteiger partial charge in [-0.3, -0.25) is 14.9 Å². The number of hydrogen-bond acceptors (Lipinski definition) is 7. The molecule has 10 heteroatoms. The Labute approximate surface area is 160 Å². The van der Waals surface area contributed by atoms with Gasteiger partial charge in [-0.2, -0.15) is 0 Å². The fraction of sp³-hybridized carbons (Fsp3) is 0.471. The Morgan fingerprint density at radius 1 is 1.44 bits per heavy atom. The van der Waals surface area contributed by atoms with E-state index in [1.165, 1.54) is 23.9 Å². The molecule has 1 N–H and O–H groups in total. The second kappa shape index (κ2) is 8.96. The molecule has 1 aromatic heterocycles. The Morgan fingerprint density at radius 3 is 2.96 bits per heavy atom. The smallest absolute Gasteiger partial charge is 0.292 e. The number of para-hydroxylation sites is 2. The summed E-state index contributed by atoms with van der Waals surface area (Å²) in [5.74, 6) is 0.602. The molecule has 0 spiro atoms. The Morgan fingerprint density at radius 2 is 2.26 bits per heavy atom. The molecule has 2 aromatic rings. The number of carbonyl (C=O) groups excluding carboxylic acids is 1. The average molecular weight is 391 g/mol. The zero-order valence-corrected chi connectivity index (χ0v) is 15.8. The van der Waals surface area contributed by atoms with Crippen molar-refractivity contribution < 1.29 is 14.5 Å². The van der Waals surface area contributed by atoms with Crippen LogP contribution in [-0.4, -0.2) is 44.1 Å². The fourth-order valence-electron chi connectivity index (χ4n) is 2.92. The first-order valence-electron chi connectivity index (χ1n) is 8.78.